The molecule has 3 aromatic rings. The van der Waals surface area contributed by atoms with Crippen LogP contribution in [0.1, 0.15) is 5.56 Å². The van der Waals surface area contributed by atoms with Gasteiger partial charge in [-0.15, -0.1) is 0 Å². The molecule has 3 aromatic carbocycles. The molecule has 176 valence electrons. The highest BCUT2D eigenvalue weighted by molar-refractivity contribution is 8.29. The molecule has 0 radical (unpaired) electrons. The van der Waals surface area contributed by atoms with E-state index in [9.17, 15) is 9.59 Å². The lowest BCUT2D eigenvalue weighted by Gasteiger charge is -2.38. The quantitative estimate of drug-likeness (QED) is 0.351. The third-order valence-electron chi connectivity index (χ3n) is 5.42. The van der Waals surface area contributed by atoms with Crippen molar-refractivity contribution in [1.29, 1.82) is 0 Å². The Balaban J connectivity index is 1.65. The van der Waals surface area contributed by atoms with E-state index in [1.165, 1.54) is 30.6 Å². The van der Waals surface area contributed by atoms with Crippen molar-refractivity contribution in [3.05, 3.63) is 95.4 Å². The predicted octanol–water partition coefficient (Wildman–Crippen LogP) is 5.17. The maximum Gasteiger partial charge on any atom is 0.365 e. The second-order valence-corrected chi connectivity index (χ2v) is 10.2. The number of anilines is 2. The maximum atomic E-state index is 13.9. The van der Waals surface area contributed by atoms with Gasteiger partial charge >= 0.3 is 5.97 Å². The van der Waals surface area contributed by atoms with Gasteiger partial charge in [0.15, 0.2) is 0 Å². The summed E-state index contributed by atoms with van der Waals surface area (Å²) >= 11 is 2.54. The third-order valence-corrected chi connectivity index (χ3v) is 8.11. The summed E-state index contributed by atoms with van der Waals surface area (Å²) < 4.78 is 9.13. The molecule has 1 atom stereocenters. The Hall–Kier alpha value is -3.69. The van der Waals surface area contributed by atoms with E-state index in [-0.39, 0.29) is 11.0 Å². The van der Waals surface area contributed by atoms with Crippen LogP contribution in [0.3, 0.4) is 0 Å². The van der Waals surface area contributed by atoms with Crippen LogP contribution in [0.15, 0.2) is 94.9 Å². The van der Waals surface area contributed by atoms with E-state index < -0.39 is 10.3 Å². The molecule has 0 N–H and O–H groups in total. The molecule has 2 aliphatic rings. The zero-order valence-corrected chi connectivity index (χ0v) is 20.6. The first-order valence-electron chi connectivity index (χ1n) is 10.7. The minimum atomic E-state index is -1.10. The molecule has 2 heterocycles. The summed E-state index contributed by atoms with van der Waals surface area (Å²) in [5.41, 5.74) is 2.29. The number of thioether (sulfide) groups is 2. The summed E-state index contributed by atoms with van der Waals surface area (Å²) in [5.74, 6) is -0.00845. The molecule has 1 amide bonds. The molecular weight excluding hydrogens is 482 g/mol. The van der Waals surface area contributed by atoms with Crippen LogP contribution in [-0.4, -0.2) is 35.5 Å². The lowest BCUT2D eigenvalue weighted by atomic mass is 10.2. The summed E-state index contributed by atoms with van der Waals surface area (Å²) in [6, 6.07) is 26.3. The van der Waals surface area contributed by atoms with E-state index in [2.05, 4.69) is 5.10 Å². The molecule has 9 heteroatoms. The fourth-order valence-corrected chi connectivity index (χ4v) is 6.68. The van der Waals surface area contributed by atoms with Crippen LogP contribution in [0.4, 0.5) is 11.4 Å². The van der Waals surface area contributed by atoms with Crippen molar-refractivity contribution in [2.24, 2.45) is 5.10 Å². The second-order valence-electron chi connectivity index (χ2n) is 7.55. The van der Waals surface area contributed by atoms with E-state index in [4.69, 9.17) is 9.47 Å². The van der Waals surface area contributed by atoms with Crippen molar-refractivity contribution < 1.29 is 19.1 Å². The number of ether oxygens (including phenoxy) is 2. The van der Waals surface area contributed by atoms with E-state index >= 15 is 0 Å². The molecule has 0 aromatic heterocycles. The summed E-state index contributed by atoms with van der Waals surface area (Å²) in [6.07, 6.45) is 1.84. The molecule has 1 saturated heterocycles. The lowest BCUT2D eigenvalue weighted by molar-refractivity contribution is -0.132. The maximum absolute atomic E-state index is 13.9. The van der Waals surface area contributed by atoms with Gasteiger partial charge in [0, 0.05) is 5.69 Å². The number of benzene rings is 3. The van der Waals surface area contributed by atoms with E-state index in [1.807, 2.05) is 91.0 Å². The van der Waals surface area contributed by atoms with Crippen molar-refractivity contribution >= 4 is 57.9 Å². The lowest BCUT2D eigenvalue weighted by Crippen LogP contribution is -2.51. The first-order chi connectivity index (χ1) is 17.1. The zero-order valence-electron chi connectivity index (χ0n) is 19.0. The molecule has 35 heavy (non-hydrogen) atoms. The molecule has 1 fully saturated rings. The smallest absolute Gasteiger partial charge is 0.365 e. The van der Waals surface area contributed by atoms with Crippen LogP contribution >= 0.6 is 23.5 Å². The van der Waals surface area contributed by atoms with Crippen molar-refractivity contribution in [2.45, 2.75) is 4.33 Å². The largest absolute Gasteiger partial charge is 0.497 e. The highest BCUT2D eigenvalue weighted by atomic mass is 32.2. The molecule has 5 rings (SSSR count). The number of methoxy groups -OCH3 is 2. The van der Waals surface area contributed by atoms with Gasteiger partial charge in [-0.05, 0) is 59.8 Å². The van der Waals surface area contributed by atoms with E-state index in [0.29, 0.717) is 10.6 Å². The zero-order chi connectivity index (χ0) is 24.4. The molecule has 2 aliphatic heterocycles. The Morgan fingerprint density at radius 3 is 2.11 bits per heavy atom. The average Bonchev–Trinajstić information content (AvgIpc) is 3.41. The molecule has 1 spiro atoms. The van der Waals surface area contributed by atoms with Gasteiger partial charge in [0.05, 0.1) is 24.8 Å². The van der Waals surface area contributed by atoms with Crippen LogP contribution in [0.25, 0.3) is 6.08 Å². The number of amides is 1. The van der Waals surface area contributed by atoms with Crippen LogP contribution in [0.5, 0.6) is 5.75 Å². The van der Waals surface area contributed by atoms with Crippen molar-refractivity contribution in [3.8, 4) is 5.75 Å². The fourth-order valence-electron chi connectivity index (χ4n) is 3.78. The number of carbonyl (C=O) groups excluding carboxylic acids is 2. The first-order valence-corrected chi connectivity index (χ1v) is 12.3. The number of esters is 1. The van der Waals surface area contributed by atoms with Crippen molar-refractivity contribution in [1.82, 2.24) is 0 Å². The van der Waals surface area contributed by atoms with E-state index in [1.54, 1.807) is 17.0 Å². The number of carbonyl (C=O) groups is 2. The normalized spacial score (nSPS) is 20.5. The Kier molecular flexibility index (Phi) is 6.27. The number of para-hydroxylation sites is 2. The topological polar surface area (TPSA) is 71.4 Å². The SMILES string of the molecule is COC(=O)C1=NN(c2ccccc2)C2(S1)S/C(=C\c1ccc(OC)cc1)C(=O)N2c1ccccc1. The van der Waals surface area contributed by atoms with Crippen LogP contribution < -0.4 is 14.6 Å². The summed E-state index contributed by atoms with van der Waals surface area (Å²) in [4.78, 5) is 28.7. The number of hydrogen-bond acceptors (Lipinski definition) is 8. The molecule has 7 nitrogen and oxygen atoms in total. The van der Waals surface area contributed by atoms with Crippen LogP contribution in [-0.2, 0) is 14.3 Å². The standard InChI is InChI=1S/C26H21N3O4S2/c1-32-21-15-13-18(14-16-21)17-22-24(30)28(19-9-5-3-6-10-19)26(34-22)29(20-11-7-4-8-12-20)27-23(35-26)25(31)33-2/h3-17H,1-2H3/b22-17-. The predicted molar refractivity (Wildman–Crippen MR) is 141 cm³/mol. The number of nitrogens with zero attached hydrogens (tertiary/aromatic N) is 3. The minimum absolute atomic E-state index is 0.170. The van der Waals surface area contributed by atoms with Crippen LogP contribution in [0, 0.1) is 0 Å². The Morgan fingerprint density at radius 2 is 1.51 bits per heavy atom. The summed E-state index contributed by atoms with van der Waals surface area (Å²) in [7, 11) is 2.93. The number of hydrazone groups is 1. The molecule has 1 unspecified atom stereocenters. The Morgan fingerprint density at radius 1 is 0.886 bits per heavy atom. The highest BCUT2D eigenvalue weighted by Crippen LogP contribution is 2.59. The average molecular weight is 504 g/mol. The summed E-state index contributed by atoms with van der Waals surface area (Å²) in [5, 5.41) is 6.50. The van der Waals surface area contributed by atoms with Crippen LogP contribution in [0.2, 0.25) is 0 Å². The van der Waals surface area contributed by atoms with Gasteiger partial charge < -0.3 is 9.47 Å². The summed E-state index contributed by atoms with van der Waals surface area (Å²) in [6.45, 7) is 0. The van der Waals surface area contributed by atoms with Gasteiger partial charge in [-0.3, -0.25) is 9.69 Å². The van der Waals surface area contributed by atoms with Gasteiger partial charge in [-0.25, -0.2) is 9.80 Å². The highest BCUT2D eigenvalue weighted by Gasteiger charge is 2.60. The van der Waals surface area contributed by atoms with Gasteiger partial charge in [-0.2, -0.15) is 5.10 Å². The monoisotopic (exact) mass is 503 g/mol. The third kappa shape index (κ3) is 4.17. The molecular formula is C26H21N3O4S2. The fraction of sp³-hybridized carbons (Fsp3) is 0.115. The molecule has 0 saturated carbocycles. The van der Waals surface area contributed by atoms with E-state index in [0.717, 1.165) is 17.0 Å². The molecule has 0 bridgehead atoms. The minimum Gasteiger partial charge on any atom is -0.497 e. The van der Waals surface area contributed by atoms with Gasteiger partial charge in [0.1, 0.15) is 5.75 Å². The number of rotatable bonds is 5. The molecule has 0 aliphatic carbocycles. The van der Waals surface area contributed by atoms with Crippen molar-refractivity contribution in [3.63, 3.8) is 0 Å². The van der Waals surface area contributed by atoms with Gasteiger partial charge in [0.2, 0.25) is 9.37 Å². The Labute approximate surface area is 211 Å². The number of hydrogen-bond donors (Lipinski definition) is 0. The van der Waals surface area contributed by atoms with Crippen molar-refractivity contribution in [2.75, 3.05) is 24.1 Å². The second kappa shape index (κ2) is 9.52. The Bertz CT molecular complexity index is 1310. The van der Waals surface area contributed by atoms with Gasteiger partial charge in [0.25, 0.3) is 5.91 Å². The van der Waals surface area contributed by atoms with Gasteiger partial charge in [-0.1, -0.05) is 60.3 Å². The first kappa shape index (κ1) is 23.1.